The Morgan fingerprint density at radius 3 is 2.50 bits per heavy atom. The molecule has 0 amide bonds. The monoisotopic (exact) mass is 294 g/mol. The summed E-state index contributed by atoms with van der Waals surface area (Å²) in [6, 6.07) is 7.85. The van der Waals surface area contributed by atoms with Crippen LogP contribution in [0.4, 0.5) is 0 Å². The lowest BCUT2D eigenvalue weighted by Crippen LogP contribution is -2.01. The predicted octanol–water partition coefficient (Wildman–Crippen LogP) is 3.06. The summed E-state index contributed by atoms with van der Waals surface area (Å²) in [6.07, 6.45) is 0.785. The molecular formula is C15H19ClN2O2. The van der Waals surface area contributed by atoms with Gasteiger partial charge in [-0.2, -0.15) is 5.10 Å². The van der Waals surface area contributed by atoms with Gasteiger partial charge in [0.2, 0.25) is 0 Å². The maximum Gasteiger partial charge on any atom is 0.132 e. The van der Waals surface area contributed by atoms with Crippen molar-refractivity contribution in [1.82, 2.24) is 9.78 Å². The largest absolute Gasteiger partial charge is 0.497 e. The minimum atomic E-state index is -0.599. The second-order valence-corrected chi connectivity index (χ2v) is 5.17. The van der Waals surface area contributed by atoms with Crippen molar-refractivity contribution in [2.24, 2.45) is 7.05 Å². The molecular weight excluding hydrogens is 276 g/mol. The van der Waals surface area contributed by atoms with E-state index in [0.717, 1.165) is 29.0 Å². The van der Waals surface area contributed by atoms with E-state index in [4.69, 9.17) is 16.3 Å². The van der Waals surface area contributed by atoms with Crippen LogP contribution in [0.3, 0.4) is 0 Å². The van der Waals surface area contributed by atoms with Crippen LogP contribution in [0.15, 0.2) is 24.3 Å². The minimum absolute atomic E-state index is 0.504. The number of nitrogens with zero attached hydrogens (tertiary/aromatic N) is 2. The predicted molar refractivity (Wildman–Crippen MR) is 79.2 cm³/mol. The standard InChI is InChI=1S/C15H19ClN2O2/c1-10-14(15(16)18(2)17-10)13(19)9-6-11-4-7-12(20-3)8-5-11/h4-5,7-8,13,19H,6,9H2,1-3H3. The average Bonchev–Trinajstić information content (AvgIpc) is 2.70. The molecule has 0 bridgehead atoms. The molecule has 1 aromatic heterocycles. The summed E-state index contributed by atoms with van der Waals surface area (Å²) in [5.74, 6) is 0.834. The average molecular weight is 295 g/mol. The van der Waals surface area contributed by atoms with Crippen molar-refractivity contribution in [2.45, 2.75) is 25.9 Å². The Balaban J connectivity index is 2.02. The summed E-state index contributed by atoms with van der Waals surface area (Å²) in [5.41, 5.74) is 2.66. The molecule has 108 valence electrons. The van der Waals surface area contributed by atoms with Crippen molar-refractivity contribution in [3.63, 3.8) is 0 Å². The molecule has 2 aromatic rings. The Labute approximate surface area is 123 Å². The topological polar surface area (TPSA) is 47.3 Å². The van der Waals surface area contributed by atoms with Crippen molar-refractivity contribution in [3.05, 3.63) is 46.2 Å². The van der Waals surface area contributed by atoms with E-state index in [9.17, 15) is 5.11 Å². The van der Waals surface area contributed by atoms with Crippen LogP contribution in [0.25, 0.3) is 0 Å². The molecule has 20 heavy (non-hydrogen) atoms. The molecule has 4 nitrogen and oxygen atoms in total. The van der Waals surface area contributed by atoms with E-state index in [0.29, 0.717) is 11.6 Å². The number of aliphatic hydroxyl groups is 1. The third kappa shape index (κ3) is 3.14. The third-order valence-corrected chi connectivity index (χ3v) is 3.84. The van der Waals surface area contributed by atoms with E-state index in [1.165, 1.54) is 0 Å². The van der Waals surface area contributed by atoms with Gasteiger partial charge in [-0.3, -0.25) is 4.68 Å². The molecule has 0 radical (unpaired) electrons. The van der Waals surface area contributed by atoms with Gasteiger partial charge < -0.3 is 9.84 Å². The lowest BCUT2D eigenvalue weighted by molar-refractivity contribution is 0.167. The number of aliphatic hydroxyl groups excluding tert-OH is 1. The van der Waals surface area contributed by atoms with Crippen molar-refractivity contribution < 1.29 is 9.84 Å². The number of aromatic nitrogens is 2. The number of benzene rings is 1. The highest BCUT2D eigenvalue weighted by Crippen LogP contribution is 2.29. The zero-order chi connectivity index (χ0) is 14.7. The fourth-order valence-electron chi connectivity index (χ4n) is 2.26. The maximum absolute atomic E-state index is 10.3. The van der Waals surface area contributed by atoms with Gasteiger partial charge in [-0.15, -0.1) is 0 Å². The highest BCUT2D eigenvalue weighted by molar-refractivity contribution is 6.30. The number of ether oxygens (including phenoxy) is 1. The molecule has 1 heterocycles. The Morgan fingerprint density at radius 1 is 1.35 bits per heavy atom. The molecule has 0 saturated heterocycles. The first kappa shape index (κ1) is 14.9. The molecule has 0 saturated carbocycles. The Bertz CT molecular complexity index is 578. The van der Waals surface area contributed by atoms with Gasteiger partial charge in [0.05, 0.1) is 18.9 Å². The quantitative estimate of drug-likeness (QED) is 0.922. The van der Waals surface area contributed by atoms with Crippen LogP contribution >= 0.6 is 11.6 Å². The fraction of sp³-hybridized carbons (Fsp3) is 0.400. The van der Waals surface area contributed by atoms with Gasteiger partial charge in [0.15, 0.2) is 0 Å². The highest BCUT2D eigenvalue weighted by atomic mass is 35.5. The molecule has 1 atom stereocenters. The van der Waals surface area contributed by atoms with Crippen LogP contribution in [0.5, 0.6) is 5.75 Å². The lowest BCUT2D eigenvalue weighted by Gasteiger charge is -2.11. The van der Waals surface area contributed by atoms with Crippen LogP contribution in [-0.2, 0) is 13.5 Å². The first-order valence-corrected chi connectivity index (χ1v) is 6.90. The Kier molecular flexibility index (Phi) is 4.68. The number of halogens is 1. The minimum Gasteiger partial charge on any atom is -0.497 e. The number of rotatable bonds is 5. The zero-order valence-corrected chi connectivity index (χ0v) is 12.7. The first-order chi connectivity index (χ1) is 9.52. The van der Waals surface area contributed by atoms with Gasteiger partial charge in [0.25, 0.3) is 0 Å². The van der Waals surface area contributed by atoms with Gasteiger partial charge in [-0.1, -0.05) is 23.7 Å². The van der Waals surface area contributed by atoms with Gasteiger partial charge >= 0.3 is 0 Å². The van der Waals surface area contributed by atoms with Gasteiger partial charge in [-0.05, 0) is 37.5 Å². The second kappa shape index (κ2) is 6.29. The first-order valence-electron chi connectivity index (χ1n) is 6.53. The fourth-order valence-corrected chi connectivity index (χ4v) is 2.57. The SMILES string of the molecule is COc1ccc(CCC(O)c2c(C)nn(C)c2Cl)cc1. The molecule has 0 aliphatic carbocycles. The Hall–Kier alpha value is -1.52. The molecule has 5 heteroatoms. The molecule has 0 aliphatic heterocycles. The van der Waals surface area contributed by atoms with E-state index in [-0.39, 0.29) is 0 Å². The summed E-state index contributed by atoms with van der Waals surface area (Å²) in [6.45, 7) is 1.86. The molecule has 1 aromatic carbocycles. The van der Waals surface area contributed by atoms with Gasteiger partial charge in [-0.25, -0.2) is 0 Å². The highest BCUT2D eigenvalue weighted by Gasteiger charge is 2.19. The van der Waals surface area contributed by atoms with Crippen LogP contribution in [0, 0.1) is 6.92 Å². The Morgan fingerprint density at radius 2 is 2.00 bits per heavy atom. The summed E-state index contributed by atoms with van der Waals surface area (Å²) in [4.78, 5) is 0. The summed E-state index contributed by atoms with van der Waals surface area (Å²) in [7, 11) is 3.42. The summed E-state index contributed by atoms with van der Waals surface area (Å²) in [5, 5.41) is 15.0. The number of methoxy groups -OCH3 is 1. The van der Waals surface area contributed by atoms with Crippen molar-refractivity contribution in [2.75, 3.05) is 7.11 Å². The second-order valence-electron chi connectivity index (χ2n) is 4.82. The van der Waals surface area contributed by atoms with Crippen LogP contribution in [0.1, 0.15) is 29.3 Å². The number of aryl methyl sites for hydroxylation is 3. The van der Waals surface area contributed by atoms with Gasteiger partial charge in [0.1, 0.15) is 10.9 Å². The molecule has 0 aliphatic rings. The van der Waals surface area contributed by atoms with Crippen LogP contribution in [-0.4, -0.2) is 22.0 Å². The third-order valence-electron chi connectivity index (χ3n) is 3.39. The van der Waals surface area contributed by atoms with Crippen molar-refractivity contribution in [1.29, 1.82) is 0 Å². The molecule has 0 spiro atoms. The molecule has 1 N–H and O–H groups in total. The van der Waals surface area contributed by atoms with Crippen LogP contribution < -0.4 is 4.74 Å². The normalized spacial score (nSPS) is 12.4. The summed E-state index contributed by atoms with van der Waals surface area (Å²) < 4.78 is 6.71. The lowest BCUT2D eigenvalue weighted by atomic mass is 10.0. The zero-order valence-electron chi connectivity index (χ0n) is 11.9. The van der Waals surface area contributed by atoms with Crippen molar-refractivity contribution in [3.8, 4) is 5.75 Å². The van der Waals surface area contributed by atoms with E-state index in [1.54, 1.807) is 18.8 Å². The molecule has 0 fully saturated rings. The van der Waals surface area contributed by atoms with E-state index in [1.807, 2.05) is 31.2 Å². The van der Waals surface area contributed by atoms with Gasteiger partial charge in [0, 0.05) is 12.6 Å². The smallest absolute Gasteiger partial charge is 0.132 e. The van der Waals surface area contributed by atoms with Crippen LogP contribution in [0.2, 0.25) is 5.15 Å². The molecule has 1 unspecified atom stereocenters. The number of hydrogen-bond donors (Lipinski definition) is 1. The maximum atomic E-state index is 10.3. The number of hydrogen-bond acceptors (Lipinski definition) is 3. The van der Waals surface area contributed by atoms with Crippen molar-refractivity contribution >= 4 is 11.6 Å². The van der Waals surface area contributed by atoms with E-state index < -0.39 is 6.10 Å². The summed E-state index contributed by atoms with van der Waals surface area (Å²) >= 11 is 6.15. The molecule has 2 rings (SSSR count). The van der Waals surface area contributed by atoms with E-state index >= 15 is 0 Å². The van der Waals surface area contributed by atoms with E-state index in [2.05, 4.69) is 5.10 Å².